The molecule has 7 heteroatoms. The minimum Gasteiger partial charge on any atom is -0.465 e. The predicted octanol–water partition coefficient (Wildman–Crippen LogP) is 2.29. The van der Waals surface area contributed by atoms with Crippen molar-refractivity contribution in [3.63, 3.8) is 0 Å². The molecule has 0 aliphatic carbocycles. The average Bonchev–Trinajstić information content (AvgIpc) is 2.60. The lowest BCUT2D eigenvalue weighted by Gasteiger charge is -2.17. The van der Waals surface area contributed by atoms with Crippen LogP contribution in [0.25, 0.3) is 0 Å². The van der Waals surface area contributed by atoms with Gasteiger partial charge in [0.25, 0.3) is 0 Å². The molecule has 2 rings (SSSR count). The first-order valence-corrected chi connectivity index (χ1v) is 10.1. The molecule has 0 spiro atoms. The van der Waals surface area contributed by atoms with Gasteiger partial charge in [-0.3, -0.25) is 4.79 Å². The van der Waals surface area contributed by atoms with E-state index in [1.165, 1.54) is 0 Å². The molecule has 0 heterocycles. The quantitative estimate of drug-likeness (QED) is 0.533. The summed E-state index contributed by atoms with van der Waals surface area (Å²) < 4.78 is 32.3. The lowest BCUT2D eigenvalue weighted by molar-refractivity contribution is -0.145. The van der Waals surface area contributed by atoms with Crippen molar-refractivity contribution in [1.82, 2.24) is 5.32 Å². The van der Waals surface area contributed by atoms with Gasteiger partial charge in [0.1, 0.15) is 11.8 Å². The van der Waals surface area contributed by atoms with Crippen molar-refractivity contribution in [3.05, 3.63) is 65.7 Å². The van der Waals surface area contributed by atoms with E-state index in [4.69, 9.17) is 8.92 Å². The molecule has 0 aliphatic rings. The fourth-order valence-corrected chi connectivity index (χ4v) is 2.87. The Morgan fingerprint density at radius 1 is 1.04 bits per heavy atom. The predicted molar refractivity (Wildman–Crippen MR) is 99.3 cm³/mol. The van der Waals surface area contributed by atoms with Crippen molar-refractivity contribution in [1.29, 1.82) is 0 Å². The molecule has 0 bridgehead atoms. The SMILES string of the molecule is CCOC(=O)C(Cc1ccc(OS(C)(=O)=O)cc1)NCc1ccccc1. The van der Waals surface area contributed by atoms with Crippen molar-refractivity contribution >= 4 is 16.1 Å². The number of carbonyl (C=O) groups excluding carboxylic acids is 1. The zero-order valence-corrected chi connectivity index (χ0v) is 15.7. The molecular formula is C19H23NO5S. The van der Waals surface area contributed by atoms with Crippen LogP contribution in [-0.4, -0.2) is 33.3 Å². The van der Waals surface area contributed by atoms with Gasteiger partial charge >= 0.3 is 16.1 Å². The van der Waals surface area contributed by atoms with Gasteiger partial charge in [-0.25, -0.2) is 0 Å². The van der Waals surface area contributed by atoms with Crippen LogP contribution in [0.1, 0.15) is 18.1 Å². The van der Waals surface area contributed by atoms with Gasteiger partial charge in [0.05, 0.1) is 12.9 Å². The summed E-state index contributed by atoms with van der Waals surface area (Å²) in [5.41, 5.74) is 1.93. The molecule has 1 N–H and O–H groups in total. The van der Waals surface area contributed by atoms with Crippen molar-refractivity contribution in [2.75, 3.05) is 12.9 Å². The maximum Gasteiger partial charge on any atom is 0.323 e. The highest BCUT2D eigenvalue weighted by atomic mass is 32.2. The average molecular weight is 377 g/mol. The minimum atomic E-state index is -3.56. The number of hydrogen-bond donors (Lipinski definition) is 1. The number of benzene rings is 2. The maximum absolute atomic E-state index is 12.2. The Bertz CT molecular complexity index is 804. The topological polar surface area (TPSA) is 81.7 Å². The van der Waals surface area contributed by atoms with E-state index in [2.05, 4.69) is 5.32 Å². The van der Waals surface area contributed by atoms with E-state index in [9.17, 15) is 13.2 Å². The van der Waals surface area contributed by atoms with Gasteiger partial charge < -0.3 is 14.2 Å². The smallest absolute Gasteiger partial charge is 0.323 e. The van der Waals surface area contributed by atoms with Crippen LogP contribution in [0.15, 0.2) is 54.6 Å². The van der Waals surface area contributed by atoms with Crippen LogP contribution < -0.4 is 9.50 Å². The van der Waals surface area contributed by atoms with Gasteiger partial charge in [0.2, 0.25) is 0 Å². The third kappa shape index (κ3) is 6.85. The molecule has 140 valence electrons. The summed E-state index contributed by atoms with van der Waals surface area (Å²) in [6, 6.07) is 15.9. The van der Waals surface area contributed by atoms with Crippen LogP contribution in [0.5, 0.6) is 5.75 Å². The zero-order chi connectivity index (χ0) is 19.0. The van der Waals surface area contributed by atoms with Gasteiger partial charge in [-0.15, -0.1) is 0 Å². The summed E-state index contributed by atoms with van der Waals surface area (Å²) in [6.45, 7) is 2.62. The summed E-state index contributed by atoms with van der Waals surface area (Å²) in [5, 5.41) is 3.22. The zero-order valence-electron chi connectivity index (χ0n) is 14.8. The number of nitrogens with one attached hydrogen (secondary N) is 1. The van der Waals surface area contributed by atoms with E-state index in [1.54, 1.807) is 31.2 Å². The molecular weight excluding hydrogens is 354 g/mol. The van der Waals surface area contributed by atoms with E-state index in [0.29, 0.717) is 19.6 Å². The van der Waals surface area contributed by atoms with Crippen LogP contribution in [0.4, 0.5) is 0 Å². The molecule has 0 saturated heterocycles. The number of carbonyl (C=O) groups is 1. The molecule has 1 atom stereocenters. The molecule has 0 aromatic heterocycles. The Balaban J connectivity index is 2.04. The first-order chi connectivity index (χ1) is 12.4. The largest absolute Gasteiger partial charge is 0.465 e. The molecule has 2 aromatic rings. The Morgan fingerprint density at radius 3 is 2.27 bits per heavy atom. The Morgan fingerprint density at radius 2 is 1.69 bits per heavy atom. The molecule has 26 heavy (non-hydrogen) atoms. The molecule has 2 aromatic carbocycles. The Hall–Kier alpha value is -2.38. The standard InChI is InChI=1S/C19H23NO5S/c1-3-24-19(21)18(20-14-16-7-5-4-6-8-16)13-15-9-11-17(12-10-15)25-26(2,22)23/h4-12,18,20H,3,13-14H2,1-2H3. The van der Waals surface area contributed by atoms with Crippen LogP contribution in [0, 0.1) is 0 Å². The third-order valence-electron chi connectivity index (χ3n) is 3.58. The number of hydrogen-bond acceptors (Lipinski definition) is 6. The highest BCUT2D eigenvalue weighted by Crippen LogP contribution is 2.15. The molecule has 0 saturated carbocycles. The highest BCUT2D eigenvalue weighted by Gasteiger charge is 2.20. The van der Waals surface area contributed by atoms with Gasteiger partial charge in [-0.1, -0.05) is 42.5 Å². The van der Waals surface area contributed by atoms with Crippen molar-refractivity contribution in [3.8, 4) is 5.75 Å². The molecule has 0 fully saturated rings. The fraction of sp³-hybridized carbons (Fsp3) is 0.316. The van der Waals surface area contributed by atoms with E-state index in [-0.39, 0.29) is 11.7 Å². The summed E-state index contributed by atoms with van der Waals surface area (Å²) >= 11 is 0. The summed E-state index contributed by atoms with van der Waals surface area (Å²) in [7, 11) is -3.56. The van der Waals surface area contributed by atoms with Crippen LogP contribution >= 0.6 is 0 Å². The summed E-state index contributed by atoms with van der Waals surface area (Å²) in [4.78, 5) is 12.2. The van der Waals surface area contributed by atoms with E-state index in [0.717, 1.165) is 17.4 Å². The first kappa shape index (κ1) is 19.9. The van der Waals surface area contributed by atoms with E-state index in [1.807, 2.05) is 30.3 Å². The monoisotopic (exact) mass is 377 g/mol. The van der Waals surface area contributed by atoms with Crippen molar-refractivity contribution in [2.45, 2.75) is 25.9 Å². The van der Waals surface area contributed by atoms with Gasteiger partial charge in [0.15, 0.2) is 0 Å². The van der Waals surface area contributed by atoms with Crippen LogP contribution in [0.2, 0.25) is 0 Å². The van der Waals surface area contributed by atoms with E-state index >= 15 is 0 Å². The number of ether oxygens (including phenoxy) is 1. The summed E-state index contributed by atoms with van der Waals surface area (Å²) in [5.74, 6) is -0.0823. The number of rotatable bonds is 9. The third-order valence-corrected chi connectivity index (χ3v) is 4.07. The van der Waals surface area contributed by atoms with E-state index < -0.39 is 16.2 Å². The second-order valence-electron chi connectivity index (χ2n) is 5.81. The number of esters is 1. The molecule has 1 unspecified atom stereocenters. The lowest BCUT2D eigenvalue weighted by Crippen LogP contribution is -2.39. The Kier molecular flexibility index (Phi) is 7.17. The molecule has 0 aliphatic heterocycles. The molecule has 0 amide bonds. The van der Waals surface area contributed by atoms with Crippen molar-refractivity contribution < 1.29 is 22.1 Å². The van der Waals surface area contributed by atoms with Gasteiger partial charge in [-0.05, 0) is 36.6 Å². The fourth-order valence-electron chi connectivity index (χ4n) is 2.41. The second kappa shape index (κ2) is 9.35. The van der Waals surface area contributed by atoms with Gasteiger partial charge in [0, 0.05) is 6.54 Å². The van der Waals surface area contributed by atoms with Crippen LogP contribution in [0.3, 0.4) is 0 Å². The lowest BCUT2D eigenvalue weighted by atomic mass is 10.1. The van der Waals surface area contributed by atoms with Crippen molar-refractivity contribution in [2.24, 2.45) is 0 Å². The normalized spacial score (nSPS) is 12.4. The first-order valence-electron chi connectivity index (χ1n) is 8.29. The molecule has 0 radical (unpaired) electrons. The Labute approximate surface area is 154 Å². The summed E-state index contributed by atoms with van der Waals surface area (Å²) in [6.07, 6.45) is 1.41. The molecule has 6 nitrogen and oxygen atoms in total. The van der Waals surface area contributed by atoms with Gasteiger partial charge in [-0.2, -0.15) is 8.42 Å². The second-order valence-corrected chi connectivity index (χ2v) is 7.38. The maximum atomic E-state index is 12.2. The minimum absolute atomic E-state index is 0.237. The highest BCUT2D eigenvalue weighted by molar-refractivity contribution is 7.86. The van der Waals surface area contributed by atoms with Crippen LogP contribution in [-0.2, 0) is 32.6 Å².